The van der Waals surface area contributed by atoms with Crippen molar-refractivity contribution in [3.63, 3.8) is 0 Å². The summed E-state index contributed by atoms with van der Waals surface area (Å²) in [6.07, 6.45) is 0. The SMILES string of the molecule is O=c1cc(-c2cccc(O)c2)oc(N2CCOCC2)c1. The Hall–Kier alpha value is -2.27. The quantitative estimate of drug-likeness (QED) is 0.904. The van der Waals surface area contributed by atoms with Crippen LogP contribution in [-0.2, 0) is 4.74 Å². The van der Waals surface area contributed by atoms with Crippen LogP contribution in [0, 0.1) is 0 Å². The Morgan fingerprint density at radius 3 is 2.65 bits per heavy atom. The van der Waals surface area contributed by atoms with E-state index in [0.29, 0.717) is 43.5 Å². The maximum atomic E-state index is 11.8. The third-order valence-electron chi connectivity index (χ3n) is 3.21. The topological polar surface area (TPSA) is 62.9 Å². The zero-order valence-corrected chi connectivity index (χ0v) is 10.9. The first-order valence-corrected chi connectivity index (χ1v) is 6.50. The number of morpholine rings is 1. The molecule has 5 heteroatoms. The van der Waals surface area contributed by atoms with Gasteiger partial charge in [-0.3, -0.25) is 4.79 Å². The molecule has 3 rings (SSSR count). The number of nitrogens with zero attached hydrogens (tertiary/aromatic N) is 1. The van der Waals surface area contributed by atoms with Crippen molar-refractivity contribution in [2.45, 2.75) is 0 Å². The van der Waals surface area contributed by atoms with Gasteiger partial charge in [-0.2, -0.15) is 0 Å². The Bertz CT molecular complexity index is 659. The highest BCUT2D eigenvalue weighted by atomic mass is 16.5. The lowest BCUT2D eigenvalue weighted by Gasteiger charge is -2.27. The van der Waals surface area contributed by atoms with Gasteiger partial charge in [-0.05, 0) is 12.1 Å². The van der Waals surface area contributed by atoms with E-state index in [1.165, 1.54) is 12.1 Å². The number of benzene rings is 1. The molecule has 0 radical (unpaired) electrons. The van der Waals surface area contributed by atoms with Gasteiger partial charge in [0.15, 0.2) is 11.3 Å². The molecule has 1 aromatic heterocycles. The van der Waals surface area contributed by atoms with Crippen LogP contribution in [0.3, 0.4) is 0 Å². The van der Waals surface area contributed by atoms with Crippen LogP contribution in [0.2, 0.25) is 0 Å². The predicted octanol–water partition coefficient (Wildman–Crippen LogP) is 1.85. The summed E-state index contributed by atoms with van der Waals surface area (Å²) in [6.45, 7) is 2.65. The Labute approximate surface area is 116 Å². The fraction of sp³-hybridized carbons (Fsp3) is 0.267. The highest BCUT2D eigenvalue weighted by Gasteiger charge is 2.15. The molecule has 20 heavy (non-hydrogen) atoms. The summed E-state index contributed by atoms with van der Waals surface area (Å²) in [5.41, 5.74) is 0.563. The summed E-state index contributed by atoms with van der Waals surface area (Å²) >= 11 is 0. The van der Waals surface area contributed by atoms with Crippen molar-refractivity contribution in [3.8, 4) is 17.1 Å². The van der Waals surface area contributed by atoms with E-state index >= 15 is 0 Å². The van der Waals surface area contributed by atoms with E-state index in [-0.39, 0.29) is 11.2 Å². The second kappa shape index (κ2) is 5.38. The molecule has 0 amide bonds. The third kappa shape index (κ3) is 2.67. The number of anilines is 1. The fourth-order valence-electron chi connectivity index (χ4n) is 2.21. The average Bonchev–Trinajstić information content (AvgIpc) is 2.47. The van der Waals surface area contributed by atoms with Gasteiger partial charge in [0, 0.05) is 30.8 Å². The van der Waals surface area contributed by atoms with Gasteiger partial charge >= 0.3 is 0 Å². The normalized spacial score (nSPS) is 15.3. The van der Waals surface area contributed by atoms with Crippen molar-refractivity contribution < 1.29 is 14.3 Å². The van der Waals surface area contributed by atoms with E-state index < -0.39 is 0 Å². The average molecular weight is 273 g/mol. The Balaban J connectivity index is 2.00. The molecular weight excluding hydrogens is 258 g/mol. The molecule has 0 aliphatic carbocycles. The minimum absolute atomic E-state index is 0.115. The van der Waals surface area contributed by atoms with E-state index in [0.717, 1.165) is 0 Å². The Morgan fingerprint density at radius 2 is 1.90 bits per heavy atom. The summed E-state index contributed by atoms with van der Waals surface area (Å²) in [5.74, 6) is 1.14. The maximum absolute atomic E-state index is 11.8. The van der Waals surface area contributed by atoms with Gasteiger partial charge in [0.1, 0.15) is 11.5 Å². The minimum Gasteiger partial charge on any atom is -0.508 e. The molecule has 0 spiro atoms. The van der Waals surface area contributed by atoms with Gasteiger partial charge in [0.05, 0.1) is 13.2 Å². The monoisotopic (exact) mass is 273 g/mol. The zero-order chi connectivity index (χ0) is 13.9. The van der Waals surface area contributed by atoms with E-state index in [4.69, 9.17) is 9.15 Å². The van der Waals surface area contributed by atoms with Crippen molar-refractivity contribution in [1.82, 2.24) is 0 Å². The van der Waals surface area contributed by atoms with Crippen LogP contribution in [0.5, 0.6) is 5.75 Å². The van der Waals surface area contributed by atoms with Crippen LogP contribution >= 0.6 is 0 Å². The maximum Gasteiger partial charge on any atom is 0.200 e. The lowest BCUT2D eigenvalue weighted by atomic mass is 10.1. The number of ether oxygens (including phenoxy) is 1. The Kier molecular flexibility index (Phi) is 3.43. The molecule has 0 saturated carbocycles. The first-order valence-electron chi connectivity index (χ1n) is 6.50. The van der Waals surface area contributed by atoms with Gasteiger partial charge in [-0.25, -0.2) is 0 Å². The van der Waals surface area contributed by atoms with Crippen LogP contribution in [0.25, 0.3) is 11.3 Å². The molecular formula is C15H15NO4. The number of phenolic OH excluding ortho intramolecular Hbond substituents is 1. The van der Waals surface area contributed by atoms with Crippen molar-refractivity contribution in [2.24, 2.45) is 0 Å². The standard InChI is InChI=1S/C15H15NO4/c17-12-3-1-2-11(8-12)14-9-13(18)10-15(20-14)16-4-6-19-7-5-16/h1-3,8-10,17H,4-7H2. The van der Waals surface area contributed by atoms with Crippen LogP contribution < -0.4 is 10.3 Å². The number of hydrogen-bond donors (Lipinski definition) is 1. The van der Waals surface area contributed by atoms with Gasteiger partial charge in [-0.1, -0.05) is 12.1 Å². The second-order valence-electron chi connectivity index (χ2n) is 4.65. The molecule has 1 aromatic carbocycles. The van der Waals surface area contributed by atoms with E-state index in [2.05, 4.69) is 0 Å². The molecule has 1 aliphatic heterocycles. The molecule has 0 unspecified atom stereocenters. The first kappa shape index (κ1) is 12.7. The molecule has 1 N–H and O–H groups in total. The molecule has 0 bridgehead atoms. The fourth-order valence-corrected chi connectivity index (χ4v) is 2.21. The first-order chi connectivity index (χ1) is 9.72. The molecule has 1 saturated heterocycles. The van der Waals surface area contributed by atoms with Crippen LogP contribution in [0.4, 0.5) is 5.88 Å². The van der Waals surface area contributed by atoms with Gasteiger partial charge in [0.2, 0.25) is 0 Å². The Morgan fingerprint density at radius 1 is 1.10 bits per heavy atom. The smallest absolute Gasteiger partial charge is 0.200 e. The van der Waals surface area contributed by atoms with Crippen molar-refractivity contribution in [3.05, 3.63) is 46.6 Å². The molecule has 1 aliphatic rings. The molecule has 104 valence electrons. The van der Waals surface area contributed by atoms with Gasteiger partial charge < -0.3 is 19.2 Å². The molecule has 2 aromatic rings. The number of rotatable bonds is 2. The largest absolute Gasteiger partial charge is 0.508 e. The van der Waals surface area contributed by atoms with Crippen molar-refractivity contribution in [1.29, 1.82) is 0 Å². The summed E-state index contributed by atoms with van der Waals surface area (Å²) in [7, 11) is 0. The summed E-state index contributed by atoms with van der Waals surface area (Å²) in [4.78, 5) is 13.8. The zero-order valence-electron chi connectivity index (χ0n) is 10.9. The number of phenols is 1. The van der Waals surface area contributed by atoms with Crippen molar-refractivity contribution >= 4 is 5.88 Å². The summed E-state index contributed by atoms with van der Waals surface area (Å²) in [6, 6.07) is 9.57. The minimum atomic E-state index is -0.115. The predicted molar refractivity (Wildman–Crippen MR) is 75.1 cm³/mol. The highest BCUT2D eigenvalue weighted by Crippen LogP contribution is 2.25. The van der Waals surface area contributed by atoms with Gasteiger partial charge in [0.25, 0.3) is 0 Å². The van der Waals surface area contributed by atoms with Crippen LogP contribution in [0.15, 0.2) is 45.6 Å². The van der Waals surface area contributed by atoms with Crippen molar-refractivity contribution in [2.75, 3.05) is 31.2 Å². The van der Waals surface area contributed by atoms with E-state index in [1.807, 2.05) is 4.90 Å². The number of aromatic hydroxyl groups is 1. The summed E-state index contributed by atoms with van der Waals surface area (Å²) < 4.78 is 11.1. The third-order valence-corrected chi connectivity index (χ3v) is 3.21. The molecule has 2 heterocycles. The lowest BCUT2D eigenvalue weighted by molar-refractivity contribution is 0.120. The lowest BCUT2D eigenvalue weighted by Crippen LogP contribution is -2.36. The van der Waals surface area contributed by atoms with Crippen LogP contribution in [-0.4, -0.2) is 31.4 Å². The highest BCUT2D eigenvalue weighted by molar-refractivity contribution is 5.60. The van der Waals surface area contributed by atoms with Crippen LogP contribution in [0.1, 0.15) is 0 Å². The number of hydrogen-bond acceptors (Lipinski definition) is 5. The van der Waals surface area contributed by atoms with Gasteiger partial charge in [-0.15, -0.1) is 0 Å². The van der Waals surface area contributed by atoms with E-state index in [1.54, 1.807) is 24.3 Å². The molecule has 1 fully saturated rings. The summed E-state index contributed by atoms with van der Waals surface area (Å²) in [5, 5.41) is 9.51. The molecule has 0 atom stereocenters. The van der Waals surface area contributed by atoms with E-state index in [9.17, 15) is 9.90 Å². The second-order valence-corrected chi connectivity index (χ2v) is 4.65. The molecule has 5 nitrogen and oxygen atoms in total.